The molecule has 0 aliphatic carbocycles. The van der Waals surface area contributed by atoms with Crippen LogP contribution in [-0.2, 0) is 5.88 Å². The summed E-state index contributed by atoms with van der Waals surface area (Å²) in [7, 11) is 1.54. The van der Waals surface area contributed by atoms with Gasteiger partial charge in [-0.15, -0.1) is 11.6 Å². The lowest BCUT2D eigenvalue weighted by Crippen LogP contribution is -2.12. The smallest absolute Gasteiger partial charge is 0.255 e. The predicted molar refractivity (Wildman–Crippen MR) is 74.7 cm³/mol. The molecule has 0 radical (unpaired) electrons. The van der Waals surface area contributed by atoms with Gasteiger partial charge in [0.2, 0.25) is 5.88 Å². The molecule has 2 aromatic rings. The van der Waals surface area contributed by atoms with Gasteiger partial charge in [0, 0.05) is 17.5 Å². The number of nitrogens with one attached hydrogen (secondary N) is 1. The minimum absolute atomic E-state index is 0.187. The van der Waals surface area contributed by atoms with Gasteiger partial charge in [-0.25, -0.2) is 4.98 Å². The molecule has 0 aliphatic rings. The Morgan fingerprint density at radius 1 is 1.26 bits per heavy atom. The molecule has 1 aromatic carbocycles. The van der Waals surface area contributed by atoms with Crippen molar-refractivity contribution in [3.63, 3.8) is 0 Å². The molecule has 1 aromatic heterocycles. The highest BCUT2D eigenvalue weighted by molar-refractivity contribution is 6.17. The van der Waals surface area contributed by atoms with Crippen LogP contribution in [0.15, 0.2) is 42.6 Å². The number of anilines is 1. The zero-order chi connectivity index (χ0) is 13.7. The molecule has 0 aliphatic heterocycles. The minimum Gasteiger partial charge on any atom is -0.481 e. The second-order valence-corrected chi connectivity index (χ2v) is 4.14. The van der Waals surface area contributed by atoms with Crippen LogP contribution in [0.3, 0.4) is 0 Å². The molecule has 0 saturated carbocycles. The van der Waals surface area contributed by atoms with Crippen molar-refractivity contribution in [2.24, 2.45) is 0 Å². The predicted octanol–water partition coefficient (Wildman–Crippen LogP) is 3.08. The van der Waals surface area contributed by atoms with Crippen molar-refractivity contribution in [1.82, 2.24) is 4.98 Å². The molecule has 98 valence electrons. The lowest BCUT2D eigenvalue weighted by molar-refractivity contribution is 0.102. The molecule has 1 heterocycles. The fourth-order valence-electron chi connectivity index (χ4n) is 1.52. The first kappa shape index (κ1) is 13.4. The number of rotatable bonds is 4. The number of alkyl halides is 1. The van der Waals surface area contributed by atoms with Crippen LogP contribution in [0.5, 0.6) is 5.88 Å². The van der Waals surface area contributed by atoms with E-state index in [9.17, 15) is 4.79 Å². The fourth-order valence-corrected chi connectivity index (χ4v) is 1.70. The van der Waals surface area contributed by atoms with Gasteiger partial charge in [-0.2, -0.15) is 0 Å². The van der Waals surface area contributed by atoms with E-state index in [0.29, 0.717) is 23.0 Å². The molecule has 5 heteroatoms. The number of carbonyl (C=O) groups excluding carboxylic acids is 1. The van der Waals surface area contributed by atoms with E-state index in [1.54, 1.807) is 37.6 Å². The Morgan fingerprint density at radius 3 is 2.53 bits per heavy atom. The number of amides is 1. The highest BCUT2D eigenvalue weighted by Gasteiger charge is 2.06. The van der Waals surface area contributed by atoms with Crippen molar-refractivity contribution in [3.8, 4) is 5.88 Å². The summed E-state index contributed by atoms with van der Waals surface area (Å²) in [6.07, 6.45) is 1.55. The van der Waals surface area contributed by atoms with Gasteiger partial charge >= 0.3 is 0 Å². The molecule has 0 fully saturated rings. The molecule has 4 nitrogen and oxygen atoms in total. The van der Waals surface area contributed by atoms with Crippen LogP contribution in [0.4, 0.5) is 5.69 Å². The van der Waals surface area contributed by atoms with E-state index in [1.807, 2.05) is 12.1 Å². The molecule has 0 bridgehead atoms. The fraction of sp³-hybridized carbons (Fsp3) is 0.143. The van der Waals surface area contributed by atoms with Crippen molar-refractivity contribution >= 4 is 23.2 Å². The van der Waals surface area contributed by atoms with E-state index in [4.69, 9.17) is 16.3 Å². The number of hydrogen-bond donors (Lipinski definition) is 1. The van der Waals surface area contributed by atoms with Gasteiger partial charge in [-0.1, -0.05) is 12.1 Å². The summed E-state index contributed by atoms with van der Waals surface area (Å²) in [6.45, 7) is 0. The number of halogens is 1. The molecule has 0 spiro atoms. The molecule has 0 atom stereocenters. The van der Waals surface area contributed by atoms with Crippen LogP contribution in [0.1, 0.15) is 15.9 Å². The third kappa shape index (κ3) is 3.45. The Kier molecular flexibility index (Phi) is 4.36. The van der Waals surface area contributed by atoms with E-state index < -0.39 is 0 Å². The topological polar surface area (TPSA) is 51.2 Å². The maximum absolute atomic E-state index is 12.0. The molecule has 0 unspecified atom stereocenters. The summed E-state index contributed by atoms with van der Waals surface area (Å²) in [5.41, 5.74) is 2.17. The number of benzene rings is 1. The minimum atomic E-state index is -0.187. The lowest BCUT2D eigenvalue weighted by Gasteiger charge is -2.06. The van der Waals surface area contributed by atoms with Gasteiger partial charge in [0.05, 0.1) is 19.0 Å². The van der Waals surface area contributed by atoms with E-state index in [1.165, 1.54) is 0 Å². The number of ether oxygens (including phenoxy) is 1. The second-order valence-electron chi connectivity index (χ2n) is 3.87. The first-order valence-electron chi connectivity index (χ1n) is 5.69. The molecular weight excluding hydrogens is 264 g/mol. The highest BCUT2D eigenvalue weighted by atomic mass is 35.5. The summed E-state index contributed by atoms with van der Waals surface area (Å²) in [5.74, 6) is 0.752. The summed E-state index contributed by atoms with van der Waals surface area (Å²) < 4.78 is 4.95. The van der Waals surface area contributed by atoms with Crippen molar-refractivity contribution in [1.29, 1.82) is 0 Å². The second kappa shape index (κ2) is 6.20. The lowest BCUT2D eigenvalue weighted by atomic mass is 10.1. The number of pyridine rings is 1. The average molecular weight is 277 g/mol. The Labute approximate surface area is 116 Å². The maximum atomic E-state index is 12.0. The molecule has 1 N–H and O–H groups in total. The third-order valence-corrected chi connectivity index (χ3v) is 2.88. The van der Waals surface area contributed by atoms with Crippen LogP contribution in [0.2, 0.25) is 0 Å². The highest BCUT2D eigenvalue weighted by Crippen LogP contribution is 2.13. The van der Waals surface area contributed by atoms with Crippen LogP contribution in [0, 0.1) is 0 Å². The monoisotopic (exact) mass is 276 g/mol. The van der Waals surface area contributed by atoms with E-state index in [2.05, 4.69) is 10.3 Å². The molecule has 2 rings (SSSR count). The summed E-state index contributed by atoms with van der Waals surface area (Å²) in [5, 5.41) is 2.76. The van der Waals surface area contributed by atoms with Crippen LogP contribution >= 0.6 is 11.6 Å². The van der Waals surface area contributed by atoms with Crippen molar-refractivity contribution in [2.45, 2.75) is 5.88 Å². The Morgan fingerprint density at radius 2 is 2.00 bits per heavy atom. The molecule has 0 saturated heterocycles. The van der Waals surface area contributed by atoms with Crippen molar-refractivity contribution in [2.75, 3.05) is 12.4 Å². The molecule has 19 heavy (non-hydrogen) atoms. The van der Waals surface area contributed by atoms with Crippen molar-refractivity contribution < 1.29 is 9.53 Å². The first-order valence-corrected chi connectivity index (χ1v) is 6.22. The standard InChI is InChI=1S/C14H13ClN2O2/c1-19-13-7-6-12(9-16-13)17-14(18)11-4-2-10(8-15)3-5-11/h2-7,9H,8H2,1H3,(H,17,18). The van der Waals surface area contributed by atoms with Crippen molar-refractivity contribution in [3.05, 3.63) is 53.7 Å². The molecular formula is C14H13ClN2O2. The summed E-state index contributed by atoms with van der Waals surface area (Å²) in [4.78, 5) is 16.0. The van der Waals surface area contributed by atoms with Crippen LogP contribution < -0.4 is 10.1 Å². The van der Waals surface area contributed by atoms with E-state index in [-0.39, 0.29) is 5.91 Å². The third-order valence-electron chi connectivity index (χ3n) is 2.57. The van der Waals surface area contributed by atoms with Crippen LogP contribution in [0.25, 0.3) is 0 Å². The summed E-state index contributed by atoms with van der Waals surface area (Å²) >= 11 is 5.70. The average Bonchev–Trinajstić information content (AvgIpc) is 2.48. The van der Waals surface area contributed by atoms with Crippen LogP contribution in [-0.4, -0.2) is 18.0 Å². The van der Waals surface area contributed by atoms with Gasteiger partial charge in [-0.3, -0.25) is 4.79 Å². The Bertz CT molecular complexity index is 553. The Hall–Kier alpha value is -2.07. The van der Waals surface area contributed by atoms with Gasteiger partial charge in [0.1, 0.15) is 0 Å². The van der Waals surface area contributed by atoms with Gasteiger partial charge < -0.3 is 10.1 Å². The quantitative estimate of drug-likeness (QED) is 0.873. The normalized spacial score (nSPS) is 10.0. The number of carbonyl (C=O) groups is 1. The largest absolute Gasteiger partial charge is 0.481 e. The van der Waals surface area contributed by atoms with E-state index >= 15 is 0 Å². The van der Waals surface area contributed by atoms with Gasteiger partial charge in [0.25, 0.3) is 5.91 Å². The number of hydrogen-bond acceptors (Lipinski definition) is 3. The SMILES string of the molecule is COc1ccc(NC(=O)c2ccc(CCl)cc2)cn1. The summed E-state index contributed by atoms with van der Waals surface area (Å²) in [6, 6.07) is 10.6. The molecule has 1 amide bonds. The number of methoxy groups -OCH3 is 1. The maximum Gasteiger partial charge on any atom is 0.255 e. The van der Waals surface area contributed by atoms with E-state index in [0.717, 1.165) is 5.56 Å². The first-order chi connectivity index (χ1) is 9.22. The number of nitrogens with zero attached hydrogens (tertiary/aromatic N) is 1. The zero-order valence-corrected chi connectivity index (χ0v) is 11.1. The number of aromatic nitrogens is 1. The van der Waals surface area contributed by atoms with Gasteiger partial charge in [0.15, 0.2) is 0 Å². The zero-order valence-electron chi connectivity index (χ0n) is 10.4. The van der Waals surface area contributed by atoms with Gasteiger partial charge in [-0.05, 0) is 23.8 Å². The Balaban J connectivity index is 2.06.